The van der Waals surface area contributed by atoms with Crippen LogP contribution < -0.4 is 10.2 Å². The molecule has 170 valence electrons. The highest BCUT2D eigenvalue weighted by molar-refractivity contribution is 8.05. The lowest BCUT2D eigenvalue weighted by Crippen LogP contribution is -2.30. The molecule has 4 rings (SSSR count). The third kappa shape index (κ3) is 4.75. The van der Waals surface area contributed by atoms with Gasteiger partial charge in [0.1, 0.15) is 16.7 Å². The second-order valence-electron chi connectivity index (χ2n) is 8.30. The molecule has 1 fully saturated rings. The molecule has 1 aliphatic heterocycles. The van der Waals surface area contributed by atoms with Gasteiger partial charge in [0.2, 0.25) is 5.91 Å². The van der Waals surface area contributed by atoms with Crippen LogP contribution in [0.1, 0.15) is 22.3 Å². The van der Waals surface area contributed by atoms with E-state index >= 15 is 0 Å². The summed E-state index contributed by atoms with van der Waals surface area (Å²) in [6, 6.07) is 24.9. The van der Waals surface area contributed by atoms with Gasteiger partial charge in [0, 0.05) is 11.4 Å². The van der Waals surface area contributed by atoms with Crippen molar-refractivity contribution in [3.63, 3.8) is 0 Å². The lowest BCUT2D eigenvalue weighted by atomic mass is 10.1. The Morgan fingerprint density at radius 2 is 1.76 bits per heavy atom. The number of nitriles is 1. The predicted octanol–water partition coefficient (Wildman–Crippen LogP) is 5.68. The highest BCUT2D eigenvalue weighted by Crippen LogP contribution is 2.42. The van der Waals surface area contributed by atoms with E-state index in [4.69, 9.17) is 0 Å². The van der Waals surface area contributed by atoms with E-state index in [1.807, 2.05) is 87.5 Å². The smallest absolute Gasteiger partial charge is 0.269 e. The number of anilines is 2. The van der Waals surface area contributed by atoms with E-state index in [2.05, 4.69) is 17.5 Å². The second-order valence-corrected chi connectivity index (χ2v) is 9.49. The number of para-hydroxylation sites is 1. The van der Waals surface area contributed by atoms with Crippen LogP contribution in [0.5, 0.6) is 0 Å². The van der Waals surface area contributed by atoms with Crippen LogP contribution in [0, 0.1) is 32.1 Å². The minimum Gasteiger partial charge on any atom is -0.321 e. The molecule has 1 saturated heterocycles. The number of rotatable bonds is 5. The third-order valence-electron chi connectivity index (χ3n) is 5.88. The highest BCUT2D eigenvalue weighted by atomic mass is 32.2. The summed E-state index contributed by atoms with van der Waals surface area (Å²) >= 11 is 1.27. The van der Waals surface area contributed by atoms with Gasteiger partial charge in [-0.15, -0.1) is 0 Å². The van der Waals surface area contributed by atoms with Gasteiger partial charge < -0.3 is 5.32 Å². The molecule has 1 atom stereocenters. The average Bonchev–Trinajstić information content (AvgIpc) is 3.13. The first-order valence-corrected chi connectivity index (χ1v) is 11.9. The number of carbonyl (C=O) groups is 2. The van der Waals surface area contributed by atoms with Crippen LogP contribution in [0.15, 0.2) is 83.4 Å². The number of nitrogens with one attached hydrogen (secondary N) is 1. The van der Waals surface area contributed by atoms with Gasteiger partial charge in [-0.3, -0.25) is 14.5 Å². The third-order valence-corrected chi connectivity index (χ3v) is 7.14. The largest absolute Gasteiger partial charge is 0.321 e. The van der Waals surface area contributed by atoms with Crippen molar-refractivity contribution >= 4 is 35.0 Å². The number of carbonyl (C=O) groups excluding carboxylic acids is 2. The van der Waals surface area contributed by atoms with Gasteiger partial charge in [0.05, 0.1) is 5.25 Å². The molecule has 3 aromatic rings. The van der Waals surface area contributed by atoms with Gasteiger partial charge in [-0.2, -0.15) is 5.26 Å². The predicted molar refractivity (Wildman–Crippen MR) is 137 cm³/mol. The van der Waals surface area contributed by atoms with E-state index < -0.39 is 11.2 Å². The Morgan fingerprint density at radius 1 is 1.03 bits per heavy atom. The van der Waals surface area contributed by atoms with Crippen LogP contribution in [0.4, 0.5) is 11.4 Å². The molecule has 1 heterocycles. The summed E-state index contributed by atoms with van der Waals surface area (Å²) in [5.41, 5.74) is 5.34. The number of amides is 2. The molecular formula is C28H25N3O2S. The highest BCUT2D eigenvalue weighted by Gasteiger charge is 2.40. The molecular weight excluding hydrogens is 442 g/mol. The first-order chi connectivity index (χ1) is 16.4. The maximum Gasteiger partial charge on any atom is 0.269 e. The van der Waals surface area contributed by atoms with E-state index in [1.165, 1.54) is 16.7 Å². The molecule has 0 radical (unpaired) electrons. The SMILES string of the molecule is Cc1cccc(CC2S/C(=C(\C#N)C(=O)Nc3cccc(C)c3C)N(c3ccccc3)C2=O)c1. The second kappa shape index (κ2) is 9.98. The zero-order valence-electron chi connectivity index (χ0n) is 19.3. The molecule has 1 aliphatic rings. The van der Waals surface area contributed by atoms with E-state index in [1.54, 1.807) is 0 Å². The Bertz CT molecular complexity index is 1320. The molecule has 3 aromatic carbocycles. The van der Waals surface area contributed by atoms with Gasteiger partial charge in [-0.25, -0.2) is 0 Å². The maximum atomic E-state index is 13.5. The summed E-state index contributed by atoms with van der Waals surface area (Å²) in [7, 11) is 0. The zero-order valence-corrected chi connectivity index (χ0v) is 20.1. The van der Waals surface area contributed by atoms with Crippen molar-refractivity contribution in [3.05, 3.63) is 106 Å². The van der Waals surface area contributed by atoms with Gasteiger partial charge in [0.25, 0.3) is 5.91 Å². The molecule has 2 amide bonds. The Kier molecular flexibility index (Phi) is 6.85. The number of hydrogen-bond acceptors (Lipinski definition) is 4. The summed E-state index contributed by atoms with van der Waals surface area (Å²) in [5.74, 6) is -0.663. The van der Waals surface area contributed by atoms with Crippen LogP contribution >= 0.6 is 11.8 Å². The lowest BCUT2D eigenvalue weighted by molar-refractivity contribution is -0.117. The van der Waals surface area contributed by atoms with Crippen LogP contribution in [-0.4, -0.2) is 17.1 Å². The number of thioether (sulfide) groups is 1. The van der Waals surface area contributed by atoms with Crippen molar-refractivity contribution in [3.8, 4) is 6.07 Å². The lowest BCUT2D eigenvalue weighted by Gasteiger charge is -2.19. The number of aryl methyl sites for hydroxylation is 2. The molecule has 0 saturated carbocycles. The van der Waals surface area contributed by atoms with Crippen LogP contribution in [0.3, 0.4) is 0 Å². The zero-order chi connectivity index (χ0) is 24.2. The van der Waals surface area contributed by atoms with E-state index in [9.17, 15) is 14.9 Å². The molecule has 6 heteroatoms. The molecule has 34 heavy (non-hydrogen) atoms. The average molecular weight is 468 g/mol. The molecule has 0 aliphatic carbocycles. The number of benzene rings is 3. The normalized spacial score (nSPS) is 16.8. The summed E-state index contributed by atoms with van der Waals surface area (Å²) < 4.78 is 0. The van der Waals surface area contributed by atoms with Crippen molar-refractivity contribution in [2.24, 2.45) is 0 Å². The minimum atomic E-state index is -0.524. The molecule has 0 aromatic heterocycles. The van der Waals surface area contributed by atoms with Crippen LogP contribution in [-0.2, 0) is 16.0 Å². The van der Waals surface area contributed by atoms with Crippen molar-refractivity contribution < 1.29 is 9.59 Å². The number of nitrogens with zero attached hydrogens (tertiary/aromatic N) is 2. The summed E-state index contributed by atoms with van der Waals surface area (Å²) in [5, 5.41) is 12.8. The molecule has 5 nitrogen and oxygen atoms in total. The fraction of sp³-hybridized carbons (Fsp3) is 0.179. The monoisotopic (exact) mass is 467 g/mol. The number of hydrogen-bond donors (Lipinski definition) is 1. The minimum absolute atomic E-state index is 0.0742. The van der Waals surface area contributed by atoms with Gasteiger partial charge in [-0.05, 0) is 62.1 Å². The standard InChI is InChI=1S/C28H25N3O2S/c1-18-9-7-11-21(15-18)16-25-27(33)31(22-12-5-4-6-13-22)28(34-25)23(17-29)26(32)30-24-14-8-10-19(2)20(24)3/h4-15,25H,16H2,1-3H3,(H,30,32)/b28-23+. The van der Waals surface area contributed by atoms with Crippen molar-refractivity contribution in [2.75, 3.05) is 10.2 Å². The first-order valence-electron chi connectivity index (χ1n) is 11.0. The summed E-state index contributed by atoms with van der Waals surface area (Å²) in [4.78, 5) is 28.3. The summed E-state index contributed by atoms with van der Waals surface area (Å²) in [6.07, 6.45) is 0.509. The first kappa shape index (κ1) is 23.3. The summed E-state index contributed by atoms with van der Waals surface area (Å²) in [6.45, 7) is 5.90. The van der Waals surface area contributed by atoms with Crippen molar-refractivity contribution in [1.82, 2.24) is 0 Å². The van der Waals surface area contributed by atoms with E-state index in [0.717, 1.165) is 22.3 Å². The quantitative estimate of drug-likeness (QED) is 0.387. The molecule has 1 N–H and O–H groups in total. The van der Waals surface area contributed by atoms with Crippen LogP contribution in [0.25, 0.3) is 0 Å². The topological polar surface area (TPSA) is 73.2 Å². The van der Waals surface area contributed by atoms with E-state index in [0.29, 0.717) is 22.8 Å². The van der Waals surface area contributed by atoms with Crippen LogP contribution in [0.2, 0.25) is 0 Å². The Morgan fingerprint density at radius 3 is 2.47 bits per heavy atom. The van der Waals surface area contributed by atoms with Crippen molar-refractivity contribution in [1.29, 1.82) is 5.26 Å². The Hall–Kier alpha value is -3.82. The van der Waals surface area contributed by atoms with Gasteiger partial charge in [0.15, 0.2) is 0 Å². The fourth-order valence-corrected chi connectivity index (χ4v) is 5.23. The Labute approximate surface area is 204 Å². The van der Waals surface area contributed by atoms with Gasteiger partial charge >= 0.3 is 0 Å². The molecule has 1 unspecified atom stereocenters. The molecule has 0 spiro atoms. The van der Waals surface area contributed by atoms with Gasteiger partial charge in [-0.1, -0.05) is 71.9 Å². The van der Waals surface area contributed by atoms with Crippen molar-refractivity contribution in [2.45, 2.75) is 32.4 Å². The molecule has 0 bridgehead atoms. The van der Waals surface area contributed by atoms with E-state index in [-0.39, 0.29) is 11.5 Å². The maximum absolute atomic E-state index is 13.5. The Balaban J connectivity index is 1.73. The fourth-order valence-electron chi connectivity index (χ4n) is 3.92.